The molecule has 2 nitrogen and oxygen atoms in total. The third kappa shape index (κ3) is 5.58. The molecule has 1 aliphatic carbocycles. The fourth-order valence-electron chi connectivity index (χ4n) is 6.67. The van der Waals surface area contributed by atoms with E-state index >= 15 is 0 Å². The number of fused-ring (bicyclic) bond motifs is 2. The van der Waals surface area contributed by atoms with E-state index in [1.54, 1.807) is 0 Å². The lowest BCUT2D eigenvalue weighted by atomic mass is 9.92. The van der Waals surface area contributed by atoms with E-state index in [9.17, 15) is 0 Å². The van der Waals surface area contributed by atoms with E-state index in [1.165, 1.54) is 49.7 Å². The normalized spacial score (nSPS) is 12.2. The molecule has 0 bridgehead atoms. The van der Waals surface area contributed by atoms with Gasteiger partial charge in [0.05, 0.1) is 0 Å². The Morgan fingerprint density at radius 1 is 0.478 bits per heavy atom. The van der Waals surface area contributed by atoms with Crippen molar-refractivity contribution >= 4 is 33.9 Å². The first-order chi connectivity index (χ1) is 22.7. The molecule has 0 atom stereocenters. The molecule has 0 saturated carbocycles. The van der Waals surface area contributed by atoms with Gasteiger partial charge in [0.15, 0.2) is 0 Å². The first kappa shape index (κ1) is 27.7. The molecule has 0 aliphatic heterocycles. The Kier molecular flexibility index (Phi) is 7.16. The molecule has 7 aromatic carbocycles. The minimum atomic E-state index is 0.763. The molecule has 1 aliphatic rings. The van der Waals surface area contributed by atoms with Crippen LogP contribution in [0.15, 0.2) is 158 Å². The van der Waals surface area contributed by atoms with Gasteiger partial charge in [-0.2, -0.15) is 0 Å². The second-order valence-corrected chi connectivity index (χ2v) is 12.1. The predicted octanol–water partition coefficient (Wildman–Crippen LogP) is 11.8. The van der Waals surface area contributed by atoms with E-state index in [4.69, 9.17) is 5.73 Å². The van der Waals surface area contributed by atoms with Crippen molar-refractivity contribution in [3.8, 4) is 44.5 Å². The SMILES string of the molecule is Nc1cc(-c2cccc(Nc3cc(-c4ccccc4)cc(-c4cccc5ccccc45)c3)c2)cc(-c2ccc3c(c2)CCC=C3)c1. The van der Waals surface area contributed by atoms with E-state index in [0.717, 1.165) is 46.6 Å². The Morgan fingerprint density at radius 3 is 2.04 bits per heavy atom. The molecular formula is C44H34N2. The van der Waals surface area contributed by atoms with Crippen molar-refractivity contribution in [2.75, 3.05) is 11.1 Å². The highest BCUT2D eigenvalue weighted by atomic mass is 14.9. The van der Waals surface area contributed by atoms with E-state index in [2.05, 4.69) is 169 Å². The molecular weight excluding hydrogens is 556 g/mol. The summed E-state index contributed by atoms with van der Waals surface area (Å²) in [5.74, 6) is 0. The van der Waals surface area contributed by atoms with E-state index in [1.807, 2.05) is 0 Å². The number of benzene rings is 7. The van der Waals surface area contributed by atoms with Crippen molar-refractivity contribution in [1.82, 2.24) is 0 Å². The molecule has 0 radical (unpaired) electrons. The van der Waals surface area contributed by atoms with Gasteiger partial charge in [0.25, 0.3) is 0 Å². The molecule has 0 unspecified atom stereocenters. The van der Waals surface area contributed by atoms with Gasteiger partial charge in [0, 0.05) is 17.1 Å². The minimum Gasteiger partial charge on any atom is -0.399 e. The number of nitrogen functional groups attached to an aromatic ring is 1. The monoisotopic (exact) mass is 590 g/mol. The topological polar surface area (TPSA) is 38.0 Å². The lowest BCUT2D eigenvalue weighted by Gasteiger charge is -2.15. The van der Waals surface area contributed by atoms with E-state index in [0.29, 0.717) is 0 Å². The van der Waals surface area contributed by atoms with Crippen LogP contribution in [-0.2, 0) is 6.42 Å². The van der Waals surface area contributed by atoms with Crippen molar-refractivity contribution in [3.63, 3.8) is 0 Å². The van der Waals surface area contributed by atoms with Gasteiger partial charge < -0.3 is 11.1 Å². The van der Waals surface area contributed by atoms with Crippen LogP contribution in [0.1, 0.15) is 17.5 Å². The van der Waals surface area contributed by atoms with Gasteiger partial charge in [-0.05, 0) is 128 Å². The fourth-order valence-corrected chi connectivity index (χ4v) is 6.67. The Hall–Kier alpha value is -5.86. The Morgan fingerprint density at radius 2 is 1.15 bits per heavy atom. The van der Waals surface area contributed by atoms with Crippen LogP contribution >= 0.6 is 0 Å². The smallest absolute Gasteiger partial charge is 0.0396 e. The molecule has 0 saturated heterocycles. The molecule has 46 heavy (non-hydrogen) atoms. The Balaban J connectivity index is 1.17. The van der Waals surface area contributed by atoms with Crippen LogP contribution in [0.25, 0.3) is 61.4 Å². The molecule has 3 N–H and O–H groups in total. The summed E-state index contributed by atoms with van der Waals surface area (Å²) in [5.41, 5.74) is 21.4. The number of aryl methyl sites for hydroxylation is 1. The third-order valence-corrected chi connectivity index (χ3v) is 8.93. The van der Waals surface area contributed by atoms with Crippen LogP contribution in [0.3, 0.4) is 0 Å². The first-order valence-corrected chi connectivity index (χ1v) is 15.9. The number of hydrogen-bond acceptors (Lipinski definition) is 2. The molecule has 0 aromatic heterocycles. The molecule has 2 heteroatoms. The summed E-state index contributed by atoms with van der Waals surface area (Å²) in [7, 11) is 0. The highest BCUT2D eigenvalue weighted by Crippen LogP contribution is 2.37. The number of rotatable bonds is 6. The number of hydrogen-bond donors (Lipinski definition) is 2. The number of allylic oxidation sites excluding steroid dienone is 1. The van der Waals surface area contributed by atoms with Gasteiger partial charge in [0.1, 0.15) is 0 Å². The van der Waals surface area contributed by atoms with Crippen LogP contribution in [0, 0.1) is 0 Å². The largest absolute Gasteiger partial charge is 0.399 e. The van der Waals surface area contributed by atoms with Crippen molar-refractivity contribution in [2.24, 2.45) is 0 Å². The number of nitrogens with two attached hydrogens (primary N) is 1. The van der Waals surface area contributed by atoms with Crippen LogP contribution in [0.5, 0.6) is 0 Å². The first-order valence-electron chi connectivity index (χ1n) is 15.9. The maximum Gasteiger partial charge on any atom is 0.0396 e. The van der Waals surface area contributed by atoms with Gasteiger partial charge in [-0.1, -0.05) is 115 Å². The summed E-state index contributed by atoms with van der Waals surface area (Å²) in [4.78, 5) is 0. The lowest BCUT2D eigenvalue weighted by Crippen LogP contribution is -1.95. The summed E-state index contributed by atoms with van der Waals surface area (Å²) in [6.07, 6.45) is 6.66. The van der Waals surface area contributed by atoms with Gasteiger partial charge in [0.2, 0.25) is 0 Å². The molecule has 0 fully saturated rings. The van der Waals surface area contributed by atoms with Crippen LogP contribution < -0.4 is 11.1 Å². The Bertz CT molecular complexity index is 2240. The quantitative estimate of drug-likeness (QED) is 0.189. The van der Waals surface area contributed by atoms with Crippen molar-refractivity contribution in [1.29, 1.82) is 0 Å². The van der Waals surface area contributed by atoms with E-state index < -0.39 is 0 Å². The number of nitrogens with one attached hydrogen (secondary N) is 1. The maximum absolute atomic E-state index is 6.49. The van der Waals surface area contributed by atoms with Crippen molar-refractivity contribution < 1.29 is 0 Å². The lowest BCUT2D eigenvalue weighted by molar-refractivity contribution is 0.986. The molecule has 0 heterocycles. The molecule has 220 valence electrons. The highest BCUT2D eigenvalue weighted by molar-refractivity contribution is 5.98. The zero-order valence-corrected chi connectivity index (χ0v) is 25.6. The fraction of sp³-hybridized carbons (Fsp3) is 0.0455. The summed E-state index contributed by atoms with van der Waals surface area (Å²) in [6, 6.07) is 54.3. The predicted molar refractivity (Wildman–Crippen MR) is 197 cm³/mol. The second kappa shape index (κ2) is 11.9. The van der Waals surface area contributed by atoms with Gasteiger partial charge in [-0.3, -0.25) is 0 Å². The van der Waals surface area contributed by atoms with Crippen molar-refractivity contribution in [2.45, 2.75) is 12.8 Å². The van der Waals surface area contributed by atoms with Crippen LogP contribution in [0.4, 0.5) is 17.1 Å². The van der Waals surface area contributed by atoms with Crippen LogP contribution in [0.2, 0.25) is 0 Å². The second-order valence-electron chi connectivity index (χ2n) is 12.1. The molecule has 7 aromatic rings. The average molecular weight is 591 g/mol. The zero-order chi connectivity index (χ0) is 30.9. The highest BCUT2D eigenvalue weighted by Gasteiger charge is 2.12. The third-order valence-electron chi connectivity index (χ3n) is 8.93. The minimum absolute atomic E-state index is 0.763. The van der Waals surface area contributed by atoms with E-state index in [-0.39, 0.29) is 0 Å². The zero-order valence-electron chi connectivity index (χ0n) is 25.6. The summed E-state index contributed by atoms with van der Waals surface area (Å²) >= 11 is 0. The van der Waals surface area contributed by atoms with Gasteiger partial charge in [-0.15, -0.1) is 0 Å². The van der Waals surface area contributed by atoms with Crippen molar-refractivity contribution in [3.05, 3.63) is 169 Å². The summed E-state index contributed by atoms with van der Waals surface area (Å²) in [6.45, 7) is 0. The average Bonchev–Trinajstić information content (AvgIpc) is 3.11. The number of anilines is 3. The molecule has 0 spiro atoms. The molecule has 8 rings (SSSR count). The van der Waals surface area contributed by atoms with Gasteiger partial charge >= 0.3 is 0 Å². The summed E-state index contributed by atoms with van der Waals surface area (Å²) in [5, 5.41) is 6.22. The summed E-state index contributed by atoms with van der Waals surface area (Å²) < 4.78 is 0. The van der Waals surface area contributed by atoms with Crippen LogP contribution in [-0.4, -0.2) is 0 Å². The van der Waals surface area contributed by atoms with Gasteiger partial charge in [-0.25, -0.2) is 0 Å². The molecule has 0 amide bonds. The Labute approximate surface area is 270 Å². The maximum atomic E-state index is 6.49. The standard InChI is InChI=1S/C44H34N2/c45-40-25-36(23-37(26-40)35-21-20-31-12-4-5-14-33(31)22-35)34-16-8-17-41(27-34)46-42-28-38(30-10-2-1-3-11-30)24-39(29-42)44-19-9-15-32-13-6-7-18-43(32)44/h1-4,6-13,15-29,46H,5,14,45H2.